The van der Waals surface area contributed by atoms with Crippen LogP contribution in [0.25, 0.3) is 11.4 Å². The largest absolute Gasteiger partial charge is 0.394 e. The number of carbonyl (C=O) groups is 1. The van der Waals surface area contributed by atoms with E-state index in [4.69, 9.17) is 0 Å². The Labute approximate surface area is 134 Å². The summed E-state index contributed by atoms with van der Waals surface area (Å²) in [6.07, 6.45) is 4.20. The maximum absolute atomic E-state index is 12.5. The highest BCUT2D eigenvalue weighted by Gasteiger charge is 2.29. The van der Waals surface area contributed by atoms with Crippen LogP contribution in [0.3, 0.4) is 0 Å². The third-order valence-electron chi connectivity index (χ3n) is 4.71. The van der Waals surface area contributed by atoms with Crippen molar-refractivity contribution in [2.75, 3.05) is 13.2 Å². The number of aromatic amines is 1. The van der Waals surface area contributed by atoms with Crippen LogP contribution in [0.2, 0.25) is 0 Å². The van der Waals surface area contributed by atoms with E-state index >= 15 is 0 Å². The molecule has 0 bridgehead atoms. The number of aromatic nitrogens is 3. The molecule has 2 fully saturated rings. The van der Waals surface area contributed by atoms with E-state index in [2.05, 4.69) is 15.2 Å². The van der Waals surface area contributed by atoms with Crippen LogP contribution < -0.4 is 0 Å². The quantitative estimate of drug-likeness (QED) is 0.904. The lowest BCUT2D eigenvalue weighted by Gasteiger charge is -2.23. The van der Waals surface area contributed by atoms with Crippen molar-refractivity contribution >= 4 is 5.91 Å². The SMILES string of the molecule is O=C(c1ccc(-c2n[nH]c(C3CC3)n2)cc1)N1CCC[C@@H]1CO. The number of aliphatic hydroxyl groups is 1. The Hall–Kier alpha value is -2.21. The smallest absolute Gasteiger partial charge is 0.254 e. The number of nitrogens with zero attached hydrogens (tertiary/aromatic N) is 3. The van der Waals surface area contributed by atoms with E-state index in [9.17, 15) is 9.90 Å². The van der Waals surface area contributed by atoms with Gasteiger partial charge in [-0.05, 0) is 37.8 Å². The molecule has 2 aromatic rings. The second kappa shape index (κ2) is 5.77. The molecule has 6 heteroatoms. The second-order valence-electron chi connectivity index (χ2n) is 6.37. The third kappa shape index (κ3) is 2.74. The Morgan fingerprint density at radius 3 is 2.74 bits per heavy atom. The fourth-order valence-corrected chi connectivity index (χ4v) is 3.16. The van der Waals surface area contributed by atoms with Gasteiger partial charge in [0.25, 0.3) is 5.91 Å². The number of carbonyl (C=O) groups excluding carboxylic acids is 1. The van der Waals surface area contributed by atoms with Gasteiger partial charge in [-0.25, -0.2) is 4.98 Å². The summed E-state index contributed by atoms with van der Waals surface area (Å²) in [4.78, 5) is 18.8. The lowest BCUT2D eigenvalue weighted by molar-refractivity contribution is 0.0677. The van der Waals surface area contributed by atoms with Crippen LogP contribution in [0, 0.1) is 0 Å². The van der Waals surface area contributed by atoms with E-state index in [0.29, 0.717) is 17.3 Å². The van der Waals surface area contributed by atoms with Crippen LogP contribution in [0.5, 0.6) is 0 Å². The van der Waals surface area contributed by atoms with Gasteiger partial charge in [0, 0.05) is 23.6 Å². The number of H-pyrrole nitrogens is 1. The Balaban J connectivity index is 1.51. The predicted molar refractivity (Wildman–Crippen MR) is 84.9 cm³/mol. The summed E-state index contributed by atoms with van der Waals surface area (Å²) >= 11 is 0. The Morgan fingerprint density at radius 1 is 1.26 bits per heavy atom. The van der Waals surface area contributed by atoms with Gasteiger partial charge in [0.15, 0.2) is 5.82 Å². The highest BCUT2D eigenvalue weighted by Crippen LogP contribution is 2.38. The number of likely N-dealkylation sites (tertiary alicyclic amines) is 1. The van der Waals surface area contributed by atoms with Crippen LogP contribution in [0.4, 0.5) is 0 Å². The van der Waals surface area contributed by atoms with E-state index < -0.39 is 0 Å². The number of amides is 1. The lowest BCUT2D eigenvalue weighted by Crippen LogP contribution is -2.37. The molecule has 1 aromatic carbocycles. The minimum atomic E-state index is -0.0451. The van der Waals surface area contributed by atoms with Crippen molar-refractivity contribution in [2.45, 2.75) is 37.6 Å². The van der Waals surface area contributed by atoms with Crippen molar-refractivity contribution in [1.82, 2.24) is 20.1 Å². The second-order valence-corrected chi connectivity index (χ2v) is 6.37. The summed E-state index contributed by atoms with van der Waals surface area (Å²) in [7, 11) is 0. The topological polar surface area (TPSA) is 82.1 Å². The number of hydrogen-bond donors (Lipinski definition) is 2. The zero-order valence-electron chi connectivity index (χ0n) is 12.9. The van der Waals surface area contributed by atoms with Crippen LogP contribution in [-0.4, -0.2) is 50.3 Å². The molecule has 120 valence electrons. The number of benzene rings is 1. The van der Waals surface area contributed by atoms with Gasteiger partial charge in [-0.1, -0.05) is 12.1 Å². The van der Waals surface area contributed by atoms with E-state index in [1.807, 2.05) is 24.3 Å². The molecule has 2 N–H and O–H groups in total. The monoisotopic (exact) mass is 312 g/mol. The van der Waals surface area contributed by atoms with Crippen molar-refractivity contribution in [3.8, 4) is 11.4 Å². The summed E-state index contributed by atoms with van der Waals surface area (Å²) in [6.45, 7) is 0.752. The molecule has 1 saturated heterocycles. The zero-order valence-corrected chi connectivity index (χ0v) is 12.9. The molecule has 0 radical (unpaired) electrons. The van der Waals surface area contributed by atoms with Crippen LogP contribution in [0.1, 0.15) is 47.8 Å². The maximum Gasteiger partial charge on any atom is 0.254 e. The van der Waals surface area contributed by atoms with E-state index in [0.717, 1.165) is 30.8 Å². The van der Waals surface area contributed by atoms with Gasteiger partial charge in [-0.3, -0.25) is 9.89 Å². The number of hydrogen-bond acceptors (Lipinski definition) is 4. The molecule has 23 heavy (non-hydrogen) atoms. The minimum absolute atomic E-state index is 0.0123. The van der Waals surface area contributed by atoms with Gasteiger partial charge >= 0.3 is 0 Å². The Bertz CT molecular complexity index is 706. The first kappa shape index (κ1) is 14.4. The summed E-state index contributed by atoms with van der Waals surface area (Å²) in [5, 5.41) is 16.6. The van der Waals surface area contributed by atoms with Crippen molar-refractivity contribution in [2.24, 2.45) is 0 Å². The van der Waals surface area contributed by atoms with Crippen molar-refractivity contribution in [3.05, 3.63) is 35.7 Å². The minimum Gasteiger partial charge on any atom is -0.394 e. The Morgan fingerprint density at radius 2 is 2.04 bits per heavy atom. The summed E-state index contributed by atoms with van der Waals surface area (Å²) < 4.78 is 0. The first-order valence-corrected chi connectivity index (χ1v) is 8.21. The van der Waals surface area contributed by atoms with Crippen LogP contribution in [-0.2, 0) is 0 Å². The number of nitrogens with one attached hydrogen (secondary N) is 1. The van der Waals surface area contributed by atoms with Crippen molar-refractivity contribution in [1.29, 1.82) is 0 Å². The van der Waals surface area contributed by atoms with Gasteiger partial charge in [0.1, 0.15) is 5.82 Å². The van der Waals surface area contributed by atoms with E-state index in [1.54, 1.807) is 4.90 Å². The fourth-order valence-electron chi connectivity index (χ4n) is 3.16. The zero-order chi connectivity index (χ0) is 15.8. The molecule has 0 unspecified atom stereocenters. The molecule has 1 aromatic heterocycles. The van der Waals surface area contributed by atoms with Crippen LogP contribution >= 0.6 is 0 Å². The molecular formula is C17H20N4O2. The Kier molecular flexibility index (Phi) is 3.61. The highest BCUT2D eigenvalue weighted by molar-refractivity contribution is 5.95. The number of rotatable bonds is 4. The van der Waals surface area contributed by atoms with Gasteiger partial charge in [-0.15, -0.1) is 0 Å². The summed E-state index contributed by atoms with van der Waals surface area (Å²) in [5.41, 5.74) is 1.55. The predicted octanol–water partition coefficient (Wildman–Crippen LogP) is 1.95. The molecule has 1 atom stereocenters. The molecule has 4 rings (SSSR count). The first-order valence-electron chi connectivity index (χ1n) is 8.21. The van der Waals surface area contributed by atoms with Gasteiger partial charge in [-0.2, -0.15) is 5.10 Å². The van der Waals surface area contributed by atoms with Gasteiger partial charge < -0.3 is 10.0 Å². The van der Waals surface area contributed by atoms with E-state index in [1.165, 1.54) is 12.8 Å². The average Bonchev–Trinajstić information content (AvgIpc) is 3.14. The lowest BCUT2D eigenvalue weighted by atomic mass is 10.1. The van der Waals surface area contributed by atoms with Crippen molar-refractivity contribution in [3.63, 3.8) is 0 Å². The third-order valence-corrected chi connectivity index (χ3v) is 4.71. The standard InChI is InChI=1S/C17H20N4O2/c22-10-14-2-1-9-21(14)17(23)13-7-5-12(6-8-13)16-18-15(19-20-16)11-3-4-11/h5-8,11,14,22H,1-4,9-10H2,(H,18,19,20)/t14-/m1/s1. The molecule has 0 spiro atoms. The first-order chi connectivity index (χ1) is 11.3. The maximum atomic E-state index is 12.5. The molecule has 2 aliphatic rings. The normalized spacial score (nSPS) is 20.9. The molecule has 1 saturated carbocycles. The molecule has 6 nitrogen and oxygen atoms in total. The number of aliphatic hydroxyl groups excluding tert-OH is 1. The van der Waals surface area contributed by atoms with E-state index in [-0.39, 0.29) is 18.6 Å². The average molecular weight is 312 g/mol. The van der Waals surface area contributed by atoms with Gasteiger partial charge in [0.2, 0.25) is 0 Å². The highest BCUT2D eigenvalue weighted by atomic mass is 16.3. The van der Waals surface area contributed by atoms with Gasteiger partial charge in [0.05, 0.1) is 12.6 Å². The molecular weight excluding hydrogens is 292 g/mol. The summed E-state index contributed by atoms with van der Waals surface area (Å²) in [5.74, 6) is 2.17. The van der Waals surface area contributed by atoms with Crippen molar-refractivity contribution < 1.29 is 9.90 Å². The molecule has 1 amide bonds. The molecule has 1 aliphatic heterocycles. The molecule has 1 aliphatic carbocycles. The van der Waals surface area contributed by atoms with Crippen LogP contribution in [0.15, 0.2) is 24.3 Å². The molecule has 2 heterocycles. The fraction of sp³-hybridized carbons (Fsp3) is 0.471. The summed E-state index contributed by atoms with van der Waals surface area (Å²) in [6, 6.07) is 7.36.